The molecule has 3 nitrogen and oxygen atoms in total. The van der Waals surface area contributed by atoms with Crippen LogP contribution in [-0.4, -0.2) is 4.98 Å². The molecule has 0 radical (unpaired) electrons. The van der Waals surface area contributed by atoms with E-state index in [9.17, 15) is 4.39 Å². The fourth-order valence-electron chi connectivity index (χ4n) is 3.15. The van der Waals surface area contributed by atoms with Crippen molar-refractivity contribution in [2.24, 2.45) is 5.84 Å². The van der Waals surface area contributed by atoms with E-state index in [1.807, 2.05) is 6.07 Å². The van der Waals surface area contributed by atoms with Crippen molar-refractivity contribution >= 4 is 11.6 Å². The number of aromatic nitrogens is 1. The predicted octanol–water partition coefficient (Wildman–Crippen LogP) is 3.50. The van der Waals surface area contributed by atoms with Gasteiger partial charge in [-0.25, -0.2) is 4.39 Å². The molecule has 0 saturated heterocycles. The van der Waals surface area contributed by atoms with Crippen molar-refractivity contribution in [2.45, 2.75) is 31.2 Å². The number of rotatable bonds is 3. The molecule has 3 rings (SSSR count). The number of pyridine rings is 1. The molecule has 0 spiro atoms. The summed E-state index contributed by atoms with van der Waals surface area (Å²) in [5.41, 5.74) is 5.54. The second kappa shape index (κ2) is 6.10. The number of benzene rings is 1. The van der Waals surface area contributed by atoms with Crippen LogP contribution in [0.15, 0.2) is 36.5 Å². The van der Waals surface area contributed by atoms with Crippen molar-refractivity contribution < 1.29 is 4.39 Å². The van der Waals surface area contributed by atoms with Crippen LogP contribution in [0.1, 0.15) is 41.6 Å². The smallest absolute Gasteiger partial charge is 0.129 e. The highest BCUT2D eigenvalue weighted by Gasteiger charge is 2.31. The molecule has 0 fully saturated rings. The quantitative estimate of drug-likeness (QED) is 0.674. The van der Waals surface area contributed by atoms with Crippen molar-refractivity contribution in [1.82, 2.24) is 10.4 Å². The molecule has 1 heterocycles. The van der Waals surface area contributed by atoms with E-state index in [2.05, 4.69) is 16.5 Å². The normalized spacial score (nSPS) is 19.1. The molecule has 0 saturated carbocycles. The van der Waals surface area contributed by atoms with Gasteiger partial charge in [0, 0.05) is 28.4 Å². The van der Waals surface area contributed by atoms with Crippen molar-refractivity contribution in [3.05, 3.63) is 64.2 Å². The zero-order chi connectivity index (χ0) is 14.8. The molecule has 2 aromatic rings. The Bertz CT molecular complexity index is 647. The summed E-state index contributed by atoms with van der Waals surface area (Å²) in [4.78, 5) is 4.50. The third-order valence-corrected chi connectivity index (χ3v) is 4.35. The molecule has 1 aliphatic carbocycles. The highest BCUT2D eigenvalue weighted by atomic mass is 35.5. The molecule has 110 valence electrons. The topological polar surface area (TPSA) is 50.9 Å². The van der Waals surface area contributed by atoms with Crippen LogP contribution in [0.3, 0.4) is 0 Å². The lowest BCUT2D eigenvalue weighted by Gasteiger charge is -2.31. The number of nitrogens with zero attached hydrogens (tertiary/aromatic N) is 1. The van der Waals surface area contributed by atoms with Crippen LogP contribution >= 0.6 is 11.6 Å². The van der Waals surface area contributed by atoms with Crippen LogP contribution in [0.2, 0.25) is 5.02 Å². The third kappa shape index (κ3) is 2.79. The van der Waals surface area contributed by atoms with Gasteiger partial charge in [-0.15, -0.1) is 0 Å². The highest BCUT2D eigenvalue weighted by molar-refractivity contribution is 6.30. The van der Waals surface area contributed by atoms with Crippen LogP contribution in [0.25, 0.3) is 0 Å². The van der Waals surface area contributed by atoms with Gasteiger partial charge in [-0.1, -0.05) is 23.7 Å². The maximum absolute atomic E-state index is 14.2. The largest absolute Gasteiger partial charge is 0.271 e. The highest BCUT2D eigenvalue weighted by Crippen LogP contribution is 2.39. The van der Waals surface area contributed by atoms with Gasteiger partial charge in [0.15, 0.2) is 0 Å². The van der Waals surface area contributed by atoms with Crippen LogP contribution in [-0.2, 0) is 6.42 Å². The summed E-state index contributed by atoms with van der Waals surface area (Å²) in [6.45, 7) is 0. The average molecular weight is 306 g/mol. The Morgan fingerprint density at radius 1 is 1.38 bits per heavy atom. The molecule has 0 aliphatic heterocycles. The third-order valence-electron chi connectivity index (χ3n) is 4.12. The second-order valence-electron chi connectivity index (χ2n) is 5.36. The molecule has 1 aromatic carbocycles. The predicted molar refractivity (Wildman–Crippen MR) is 81.4 cm³/mol. The first-order chi connectivity index (χ1) is 10.2. The lowest BCUT2D eigenvalue weighted by Crippen LogP contribution is -2.35. The Labute approximate surface area is 128 Å². The number of hydrogen-bond acceptors (Lipinski definition) is 3. The van der Waals surface area contributed by atoms with Crippen LogP contribution in [0.4, 0.5) is 4.39 Å². The number of aryl methyl sites for hydroxylation is 1. The van der Waals surface area contributed by atoms with Gasteiger partial charge in [0.25, 0.3) is 0 Å². The molecule has 2 unspecified atom stereocenters. The van der Waals surface area contributed by atoms with Crippen LogP contribution < -0.4 is 11.3 Å². The number of hydrazine groups is 1. The Balaban J connectivity index is 2.01. The molecule has 21 heavy (non-hydrogen) atoms. The van der Waals surface area contributed by atoms with Gasteiger partial charge in [0.05, 0.1) is 6.04 Å². The van der Waals surface area contributed by atoms with Crippen molar-refractivity contribution in [2.75, 3.05) is 0 Å². The Morgan fingerprint density at radius 3 is 3.00 bits per heavy atom. The monoisotopic (exact) mass is 305 g/mol. The molecule has 1 aromatic heterocycles. The van der Waals surface area contributed by atoms with E-state index in [1.165, 1.54) is 11.6 Å². The maximum atomic E-state index is 14.2. The summed E-state index contributed by atoms with van der Waals surface area (Å²) in [5.74, 6) is 5.45. The van der Waals surface area contributed by atoms with Crippen LogP contribution in [0.5, 0.6) is 0 Å². The minimum atomic E-state index is -0.339. The van der Waals surface area contributed by atoms with E-state index >= 15 is 0 Å². The van der Waals surface area contributed by atoms with Gasteiger partial charge < -0.3 is 0 Å². The fourth-order valence-corrected chi connectivity index (χ4v) is 3.30. The molecule has 5 heteroatoms. The number of hydrogen-bond donors (Lipinski definition) is 2. The lowest BCUT2D eigenvalue weighted by atomic mass is 9.79. The number of halogens is 2. The Hall–Kier alpha value is -1.49. The Kier molecular flexibility index (Phi) is 4.19. The van der Waals surface area contributed by atoms with E-state index in [0.29, 0.717) is 10.6 Å². The molecular weight excluding hydrogens is 289 g/mol. The van der Waals surface area contributed by atoms with Crippen molar-refractivity contribution in [3.63, 3.8) is 0 Å². The zero-order valence-corrected chi connectivity index (χ0v) is 12.3. The van der Waals surface area contributed by atoms with Gasteiger partial charge in [0.2, 0.25) is 0 Å². The SMILES string of the molecule is NNC(c1ccc(Cl)cc1F)C1CCCc2cccnc21. The molecular formula is C16H17ClFN3. The minimum Gasteiger partial charge on any atom is -0.271 e. The van der Waals surface area contributed by atoms with Gasteiger partial charge in [0.1, 0.15) is 5.82 Å². The first-order valence-electron chi connectivity index (χ1n) is 7.05. The minimum absolute atomic E-state index is 0.0654. The van der Waals surface area contributed by atoms with E-state index in [-0.39, 0.29) is 17.8 Å². The van der Waals surface area contributed by atoms with Crippen LogP contribution in [0, 0.1) is 5.82 Å². The molecule has 2 atom stereocenters. The Morgan fingerprint density at radius 2 is 2.24 bits per heavy atom. The lowest BCUT2D eigenvalue weighted by molar-refractivity contribution is 0.388. The fraction of sp³-hybridized carbons (Fsp3) is 0.312. The average Bonchev–Trinajstić information content (AvgIpc) is 2.50. The van der Waals surface area contributed by atoms with Gasteiger partial charge in [-0.3, -0.25) is 16.3 Å². The summed E-state index contributed by atoms with van der Waals surface area (Å²) in [6.07, 6.45) is 4.78. The van der Waals surface area contributed by atoms with Gasteiger partial charge in [-0.2, -0.15) is 0 Å². The summed E-state index contributed by atoms with van der Waals surface area (Å²) in [5, 5.41) is 0.384. The molecule has 3 N–H and O–H groups in total. The zero-order valence-electron chi connectivity index (χ0n) is 11.5. The van der Waals surface area contributed by atoms with E-state index in [0.717, 1.165) is 25.0 Å². The first-order valence-corrected chi connectivity index (χ1v) is 7.43. The summed E-state index contributed by atoms with van der Waals surface area (Å²) in [6, 6.07) is 8.42. The van der Waals surface area contributed by atoms with E-state index in [4.69, 9.17) is 17.4 Å². The summed E-state index contributed by atoms with van der Waals surface area (Å²) < 4.78 is 14.2. The van der Waals surface area contributed by atoms with Gasteiger partial charge >= 0.3 is 0 Å². The van der Waals surface area contributed by atoms with Gasteiger partial charge in [-0.05, 0) is 43.0 Å². The second-order valence-corrected chi connectivity index (χ2v) is 5.79. The summed E-state index contributed by atoms with van der Waals surface area (Å²) in [7, 11) is 0. The van der Waals surface area contributed by atoms with E-state index in [1.54, 1.807) is 18.3 Å². The molecule has 0 amide bonds. The van der Waals surface area contributed by atoms with Crippen molar-refractivity contribution in [3.8, 4) is 0 Å². The van der Waals surface area contributed by atoms with E-state index < -0.39 is 0 Å². The number of fused-ring (bicyclic) bond motifs is 1. The first kappa shape index (κ1) is 14.4. The molecule has 0 bridgehead atoms. The standard InChI is InChI=1S/C16H17ClFN3/c17-11-6-7-12(14(18)9-11)16(21-19)13-5-1-3-10-4-2-8-20-15(10)13/h2,4,6-9,13,16,21H,1,3,5,19H2. The number of nitrogens with one attached hydrogen (secondary N) is 1. The maximum Gasteiger partial charge on any atom is 0.129 e. The molecule has 1 aliphatic rings. The summed E-state index contributed by atoms with van der Waals surface area (Å²) >= 11 is 5.83. The van der Waals surface area contributed by atoms with Crippen molar-refractivity contribution in [1.29, 1.82) is 0 Å². The number of nitrogens with two attached hydrogens (primary N) is 1.